The molecule has 5 nitrogen and oxygen atoms in total. The number of thiazole rings is 1. The van der Waals surface area contributed by atoms with Crippen molar-refractivity contribution in [2.75, 3.05) is 11.4 Å². The summed E-state index contributed by atoms with van der Waals surface area (Å²) in [5.41, 5.74) is 0.933. The van der Waals surface area contributed by atoms with Gasteiger partial charge in [-0.3, -0.25) is 9.69 Å². The van der Waals surface area contributed by atoms with Crippen LogP contribution < -0.4 is 10.2 Å². The van der Waals surface area contributed by atoms with Crippen LogP contribution in [0.3, 0.4) is 0 Å². The highest BCUT2D eigenvalue weighted by Gasteiger charge is 2.14. The van der Waals surface area contributed by atoms with Crippen LogP contribution in [0.25, 0.3) is 0 Å². The summed E-state index contributed by atoms with van der Waals surface area (Å²) >= 11 is 1.49. The molecule has 0 saturated heterocycles. The fourth-order valence-electron chi connectivity index (χ4n) is 1.89. The van der Waals surface area contributed by atoms with Crippen LogP contribution in [0, 0.1) is 0 Å². The zero-order valence-corrected chi connectivity index (χ0v) is 12.7. The summed E-state index contributed by atoms with van der Waals surface area (Å²) in [7, 11) is 0. The lowest BCUT2D eigenvalue weighted by molar-refractivity contribution is -0.116. The molecule has 2 rings (SSSR count). The van der Waals surface area contributed by atoms with E-state index in [1.807, 2.05) is 31.4 Å². The third kappa shape index (κ3) is 3.46. The lowest BCUT2D eigenvalue weighted by Gasteiger charge is -2.14. The van der Waals surface area contributed by atoms with Crippen molar-refractivity contribution in [3.05, 3.63) is 35.2 Å². The minimum atomic E-state index is 0.0188. The molecule has 0 unspecified atom stereocenters. The summed E-state index contributed by atoms with van der Waals surface area (Å²) in [5.74, 6) is 0.921. The maximum Gasteiger partial charge on any atom is 0.225 e. The van der Waals surface area contributed by atoms with E-state index >= 15 is 0 Å². The van der Waals surface area contributed by atoms with Gasteiger partial charge in [-0.1, -0.05) is 0 Å². The molecule has 6 heteroatoms. The molecule has 0 bridgehead atoms. The van der Waals surface area contributed by atoms with Gasteiger partial charge >= 0.3 is 0 Å². The van der Waals surface area contributed by atoms with Crippen molar-refractivity contribution in [2.24, 2.45) is 0 Å². The Labute approximate surface area is 122 Å². The highest BCUT2D eigenvalue weighted by atomic mass is 32.1. The predicted octanol–water partition coefficient (Wildman–Crippen LogP) is 2.96. The number of amides is 1. The third-order valence-corrected chi connectivity index (χ3v) is 3.94. The molecule has 1 N–H and O–H groups in total. The Balaban J connectivity index is 1.94. The fraction of sp³-hybridized carbons (Fsp3) is 0.429. The minimum Gasteiger partial charge on any atom is -0.468 e. The van der Waals surface area contributed by atoms with Gasteiger partial charge in [0.15, 0.2) is 5.13 Å². The van der Waals surface area contributed by atoms with Crippen LogP contribution >= 0.6 is 11.3 Å². The Bertz CT molecular complexity index is 551. The van der Waals surface area contributed by atoms with E-state index in [4.69, 9.17) is 4.42 Å². The third-order valence-electron chi connectivity index (χ3n) is 3.03. The van der Waals surface area contributed by atoms with Crippen LogP contribution in [0.5, 0.6) is 0 Å². The average molecular weight is 293 g/mol. The zero-order valence-electron chi connectivity index (χ0n) is 11.9. The highest BCUT2D eigenvalue weighted by molar-refractivity contribution is 7.14. The number of furan rings is 1. The fourth-order valence-corrected chi connectivity index (χ4v) is 2.82. The van der Waals surface area contributed by atoms with Gasteiger partial charge < -0.3 is 9.73 Å². The Hall–Kier alpha value is -1.66. The van der Waals surface area contributed by atoms with Crippen LogP contribution in [-0.4, -0.2) is 17.4 Å². The molecule has 2 aromatic heterocycles. The van der Waals surface area contributed by atoms with Gasteiger partial charge in [-0.05, 0) is 26.0 Å². The van der Waals surface area contributed by atoms with Gasteiger partial charge in [0.1, 0.15) is 5.76 Å². The summed E-state index contributed by atoms with van der Waals surface area (Å²) in [5, 5.41) is 6.08. The standard InChI is InChI=1S/C14H19N3O2S/c1-4-17(11(3)18)14-16-12(9-20-14)8-15-10(2)13-6-5-7-19-13/h5-7,9-10,15H,4,8H2,1-3H3/t10-/m0/s1. The van der Waals surface area contributed by atoms with Crippen LogP contribution in [-0.2, 0) is 11.3 Å². The van der Waals surface area contributed by atoms with E-state index in [0.29, 0.717) is 13.1 Å². The van der Waals surface area contributed by atoms with E-state index in [9.17, 15) is 4.79 Å². The number of anilines is 1. The Kier molecular flexibility index (Phi) is 4.92. The largest absolute Gasteiger partial charge is 0.468 e. The maximum absolute atomic E-state index is 11.5. The minimum absolute atomic E-state index is 0.0188. The molecule has 20 heavy (non-hydrogen) atoms. The van der Waals surface area contributed by atoms with Gasteiger partial charge in [-0.2, -0.15) is 0 Å². The second-order valence-corrected chi connectivity index (χ2v) is 5.34. The summed E-state index contributed by atoms with van der Waals surface area (Å²) in [6.07, 6.45) is 1.67. The first kappa shape index (κ1) is 14.7. The predicted molar refractivity (Wildman–Crippen MR) is 79.8 cm³/mol. The molecule has 1 amide bonds. The smallest absolute Gasteiger partial charge is 0.225 e. The van der Waals surface area contributed by atoms with Crippen molar-refractivity contribution in [3.8, 4) is 0 Å². The van der Waals surface area contributed by atoms with Crippen molar-refractivity contribution in [3.63, 3.8) is 0 Å². The van der Waals surface area contributed by atoms with E-state index in [2.05, 4.69) is 10.3 Å². The van der Waals surface area contributed by atoms with Crippen LogP contribution in [0.4, 0.5) is 5.13 Å². The van der Waals surface area contributed by atoms with Gasteiger partial charge in [0.2, 0.25) is 5.91 Å². The number of nitrogens with one attached hydrogen (secondary N) is 1. The monoisotopic (exact) mass is 293 g/mol. The first-order chi connectivity index (χ1) is 9.61. The van der Waals surface area contributed by atoms with Crippen LogP contribution in [0.15, 0.2) is 28.2 Å². The molecule has 0 fully saturated rings. The number of rotatable bonds is 6. The lowest BCUT2D eigenvalue weighted by Crippen LogP contribution is -2.27. The molecule has 0 spiro atoms. The number of aromatic nitrogens is 1. The first-order valence-electron chi connectivity index (χ1n) is 6.61. The highest BCUT2D eigenvalue weighted by Crippen LogP contribution is 2.21. The molecule has 1 atom stereocenters. The number of hydrogen-bond acceptors (Lipinski definition) is 5. The quantitative estimate of drug-likeness (QED) is 0.889. The summed E-state index contributed by atoms with van der Waals surface area (Å²) in [4.78, 5) is 17.6. The van der Waals surface area contributed by atoms with Gasteiger partial charge in [-0.15, -0.1) is 11.3 Å². The molecule has 0 aromatic carbocycles. The topological polar surface area (TPSA) is 58.4 Å². The molecule has 0 radical (unpaired) electrons. The van der Waals surface area contributed by atoms with E-state index in [1.54, 1.807) is 18.1 Å². The first-order valence-corrected chi connectivity index (χ1v) is 7.49. The zero-order chi connectivity index (χ0) is 14.5. The van der Waals surface area contributed by atoms with Crippen molar-refractivity contribution in [1.82, 2.24) is 10.3 Å². The SMILES string of the molecule is CCN(C(C)=O)c1nc(CN[C@@H](C)c2ccco2)cs1. The van der Waals surface area contributed by atoms with E-state index < -0.39 is 0 Å². The number of hydrogen-bond donors (Lipinski definition) is 1. The molecule has 0 saturated carbocycles. The number of nitrogens with zero attached hydrogens (tertiary/aromatic N) is 2. The molecule has 0 aliphatic carbocycles. The number of carbonyl (C=O) groups excluding carboxylic acids is 1. The van der Waals surface area contributed by atoms with Crippen LogP contribution in [0.2, 0.25) is 0 Å². The molecule has 0 aliphatic rings. The Morgan fingerprint density at radius 3 is 3.00 bits per heavy atom. The molecular formula is C14H19N3O2S. The molecule has 2 aromatic rings. The Morgan fingerprint density at radius 2 is 2.40 bits per heavy atom. The molecule has 108 valence electrons. The lowest BCUT2D eigenvalue weighted by atomic mass is 10.2. The van der Waals surface area contributed by atoms with Gasteiger partial charge in [0, 0.05) is 25.4 Å². The summed E-state index contributed by atoms with van der Waals surface area (Å²) in [6, 6.07) is 3.95. The summed E-state index contributed by atoms with van der Waals surface area (Å²) in [6.45, 7) is 6.83. The number of carbonyl (C=O) groups is 1. The van der Waals surface area contributed by atoms with E-state index in [0.717, 1.165) is 16.6 Å². The average Bonchev–Trinajstić information content (AvgIpc) is 3.08. The molecular weight excluding hydrogens is 274 g/mol. The van der Waals surface area contributed by atoms with Crippen molar-refractivity contribution < 1.29 is 9.21 Å². The van der Waals surface area contributed by atoms with Gasteiger partial charge in [0.05, 0.1) is 18.0 Å². The van der Waals surface area contributed by atoms with Crippen molar-refractivity contribution in [1.29, 1.82) is 0 Å². The van der Waals surface area contributed by atoms with E-state index in [-0.39, 0.29) is 11.9 Å². The van der Waals surface area contributed by atoms with Crippen molar-refractivity contribution >= 4 is 22.4 Å². The second kappa shape index (κ2) is 6.67. The Morgan fingerprint density at radius 1 is 1.60 bits per heavy atom. The van der Waals surface area contributed by atoms with E-state index in [1.165, 1.54) is 11.3 Å². The van der Waals surface area contributed by atoms with Crippen LogP contribution in [0.1, 0.15) is 38.3 Å². The summed E-state index contributed by atoms with van der Waals surface area (Å²) < 4.78 is 5.34. The molecule has 0 aliphatic heterocycles. The maximum atomic E-state index is 11.5. The second-order valence-electron chi connectivity index (χ2n) is 4.50. The van der Waals surface area contributed by atoms with Gasteiger partial charge in [-0.25, -0.2) is 4.98 Å². The van der Waals surface area contributed by atoms with Gasteiger partial charge in [0.25, 0.3) is 0 Å². The normalized spacial score (nSPS) is 12.3. The van der Waals surface area contributed by atoms with Crippen molar-refractivity contribution in [2.45, 2.75) is 33.4 Å². The molecule has 2 heterocycles.